The van der Waals surface area contributed by atoms with Crippen LogP contribution in [-0.4, -0.2) is 20.1 Å². The molecule has 1 atom stereocenters. The van der Waals surface area contributed by atoms with Gasteiger partial charge in [0.2, 0.25) is 5.91 Å². The Hall–Kier alpha value is -2.86. The van der Waals surface area contributed by atoms with Crippen LogP contribution in [0.5, 0.6) is 11.5 Å². The SMILES string of the molecule is COc1ccc(OC)c([C@@H]2CC(=O)Nc3c(-c4cccc(F)c4)csc32)c1. The number of rotatable bonds is 4. The summed E-state index contributed by atoms with van der Waals surface area (Å²) in [7, 11) is 3.22. The van der Waals surface area contributed by atoms with Crippen LogP contribution in [0.2, 0.25) is 0 Å². The normalized spacial score (nSPS) is 15.8. The number of halogens is 1. The Bertz CT molecular complexity index is 1010. The number of methoxy groups -OCH3 is 2. The number of ether oxygens (including phenoxy) is 2. The Morgan fingerprint density at radius 3 is 2.74 bits per heavy atom. The second kappa shape index (κ2) is 7.04. The number of carbonyl (C=O) groups excluding carboxylic acids is 1. The second-order valence-corrected chi connectivity index (χ2v) is 7.22. The third-order valence-corrected chi connectivity index (χ3v) is 5.83. The minimum Gasteiger partial charge on any atom is -0.497 e. The predicted octanol–water partition coefficient (Wildman–Crippen LogP) is 5.05. The molecule has 0 fully saturated rings. The predicted molar refractivity (Wildman–Crippen MR) is 104 cm³/mol. The van der Waals surface area contributed by atoms with Crippen molar-refractivity contribution in [2.24, 2.45) is 0 Å². The summed E-state index contributed by atoms with van der Waals surface area (Å²) in [5.41, 5.74) is 3.22. The van der Waals surface area contributed by atoms with Crippen LogP contribution in [0.1, 0.15) is 22.8 Å². The molecular weight excluding hydrogens is 365 g/mol. The van der Waals surface area contributed by atoms with Crippen LogP contribution in [0.25, 0.3) is 11.1 Å². The quantitative estimate of drug-likeness (QED) is 0.686. The number of anilines is 1. The molecule has 0 saturated carbocycles. The zero-order valence-electron chi connectivity index (χ0n) is 14.9. The van der Waals surface area contributed by atoms with E-state index in [0.717, 1.165) is 27.3 Å². The van der Waals surface area contributed by atoms with Crippen molar-refractivity contribution in [2.75, 3.05) is 19.5 Å². The number of hydrogen-bond acceptors (Lipinski definition) is 4. The maximum atomic E-state index is 13.7. The van der Waals surface area contributed by atoms with Gasteiger partial charge in [-0.2, -0.15) is 0 Å². The van der Waals surface area contributed by atoms with E-state index in [-0.39, 0.29) is 17.6 Å². The molecule has 27 heavy (non-hydrogen) atoms. The van der Waals surface area contributed by atoms with E-state index in [0.29, 0.717) is 17.9 Å². The number of hydrogen-bond donors (Lipinski definition) is 1. The van der Waals surface area contributed by atoms with Crippen LogP contribution >= 0.6 is 11.3 Å². The number of nitrogens with one attached hydrogen (secondary N) is 1. The maximum Gasteiger partial charge on any atom is 0.225 e. The van der Waals surface area contributed by atoms with E-state index >= 15 is 0 Å². The number of amides is 1. The van der Waals surface area contributed by atoms with E-state index in [1.165, 1.54) is 12.1 Å². The molecule has 0 unspecified atom stereocenters. The summed E-state index contributed by atoms with van der Waals surface area (Å²) in [6, 6.07) is 12.0. The minimum atomic E-state index is -0.305. The molecule has 1 aliphatic rings. The van der Waals surface area contributed by atoms with Gasteiger partial charge in [0.25, 0.3) is 0 Å². The summed E-state index contributed by atoms with van der Waals surface area (Å²) in [5.74, 6) is 0.891. The van der Waals surface area contributed by atoms with E-state index in [2.05, 4.69) is 5.32 Å². The molecule has 4 rings (SSSR count). The topological polar surface area (TPSA) is 47.6 Å². The summed E-state index contributed by atoms with van der Waals surface area (Å²) < 4.78 is 24.6. The van der Waals surface area contributed by atoms with Gasteiger partial charge in [0, 0.05) is 33.7 Å². The zero-order valence-corrected chi connectivity index (χ0v) is 15.7. The lowest BCUT2D eigenvalue weighted by molar-refractivity contribution is -0.116. The average Bonchev–Trinajstić information content (AvgIpc) is 3.10. The highest BCUT2D eigenvalue weighted by Gasteiger charge is 2.32. The highest BCUT2D eigenvalue weighted by atomic mass is 32.1. The average molecular weight is 383 g/mol. The fraction of sp³-hybridized carbons (Fsp3) is 0.190. The van der Waals surface area contributed by atoms with Gasteiger partial charge < -0.3 is 14.8 Å². The number of carbonyl (C=O) groups is 1. The minimum absolute atomic E-state index is 0.0755. The summed E-state index contributed by atoms with van der Waals surface area (Å²) in [5, 5.41) is 4.93. The van der Waals surface area contributed by atoms with Crippen LogP contribution in [0.3, 0.4) is 0 Å². The highest BCUT2D eigenvalue weighted by molar-refractivity contribution is 7.11. The molecule has 0 bridgehead atoms. The molecular formula is C21H18FNO3S. The van der Waals surface area contributed by atoms with Crippen molar-refractivity contribution in [2.45, 2.75) is 12.3 Å². The number of benzene rings is 2. The summed E-state index contributed by atoms with van der Waals surface area (Å²) in [6.07, 6.45) is 0.319. The Kier molecular flexibility index (Phi) is 4.58. The van der Waals surface area contributed by atoms with Gasteiger partial charge in [-0.25, -0.2) is 4.39 Å². The summed E-state index contributed by atoms with van der Waals surface area (Å²) >= 11 is 1.56. The zero-order chi connectivity index (χ0) is 19.0. The van der Waals surface area contributed by atoms with E-state index < -0.39 is 0 Å². The first kappa shape index (κ1) is 17.5. The Labute approximate surface area is 160 Å². The summed E-state index contributed by atoms with van der Waals surface area (Å²) in [6.45, 7) is 0. The standard InChI is InChI=1S/C21H18FNO3S/c1-25-14-6-7-18(26-2)15(9-14)16-10-19(24)23-20-17(11-27-21(16)20)12-4-3-5-13(22)8-12/h3-9,11,16H,10H2,1-2H3,(H,23,24)/t16-/m0/s1. The third kappa shape index (κ3) is 3.17. The highest BCUT2D eigenvalue weighted by Crippen LogP contribution is 2.48. The van der Waals surface area contributed by atoms with Crippen molar-refractivity contribution in [3.8, 4) is 22.6 Å². The number of fused-ring (bicyclic) bond motifs is 1. The lowest BCUT2D eigenvalue weighted by atomic mass is 9.88. The smallest absolute Gasteiger partial charge is 0.225 e. The molecule has 0 saturated heterocycles. The summed E-state index contributed by atoms with van der Waals surface area (Å²) in [4.78, 5) is 13.5. The lowest BCUT2D eigenvalue weighted by Gasteiger charge is -2.25. The molecule has 1 amide bonds. The van der Waals surface area contributed by atoms with Crippen molar-refractivity contribution in [1.82, 2.24) is 0 Å². The van der Waals surface area contributed by atoms with Gasteiger partial charge >= 0.3 is 0 Å². The Morgan fingerprint density at radius 1 is 1.15 bits per heavy atom. The maximum absolute atomic E-state index is 13.7. The van der Waals surface area contributed by atoms with Gasteiger partial charge in [0.05, 0.1) is 19.9 Å². The first-order valence-corrected chi connectivity index (χ1v) is 9.37. The lowest BCUT2D eigenvalue weighted by Crippen LogP contribution is -2.22. The molecule has 2 aromatic carbocycles. The third-order valence-electron chi connectivity index (χ3n) is 4.74. The molecule has 2 heterocycles. The van der Waals surface area contributed by atoms with E-state index in [1.54, 1.807) is 31.6 Å². The van der Waals surface area contributed by atoms with Crippen LogP contribution in [0, 0.1) is 5.82 Å². The fourth-order valence-electron chi connectivity index (χ4n) is 3.46. The van der Waals surface area contributed by atoms with Crippen molar-refractivity contribution < 1.29 is 18.7 Å². The van der Waals surface area contributed by atoms with Gasteiger partial charge in [0.1, 0.15) is 17.3 Å². The largest absolute Gasteiger partial charge is 0.497 e. The molecule has 1 N–H and O–H groups in total. The molecule has 3 aromatic rings. The molecule has 138 valence electrons. The van der Waals surface area contributed by atoms with Crippen molar-refractivity contribution in [3.63, 3.8) is 0 Å². The second-order valence-electron chi connectivity index (χ2n) is 6.31. The van der Waals surface area contributed by atoms with E-state index in [9.17, 15) is 9.18 Å². The first-order valence-electron chi connectivity index (χ1n) is 8.49. The molecule has 0 radical (unpaired) electrons. The molecule has 6 heteroatoms. The van der Waals surface area contributed by atoms with Gasteiger partial charge in [-0.05, 0) is 35.9 Å². The Balaban J connectivity index is 1.85. The molecule has 1 aliphatic heterocycles. The molecule has 4 nitrogen and oxygen atoms in total. The van der Waals surface area contributed by atoms with Gasteiger partial charge in [0.15, 0.2) is 0 Å². The van der Waals surface area contributed by atoms with Crippen LogP contribution in [-0.2, 0) is 4.79 Å². The van der Waals surface area contributed by atoms with E-state index in [4.69, 9.17) is 9.47 Å². The van der Waals surface area contributed by atoms with Gasteiger partial charge in [-0.3, -0.25) is 4.79 Å². The van der Waals surface area contributed by atoms with E-state index in [1.807, 2.05) is 29.6 Å². The molecule has 0 spiro atoms. The van der Waals surface area contributed by atoms with Crippen molar-refractivity contribution in [1.29, 1.82) is 0 Å². The Morgan fingerprint density at radius 2 is 2.00 bits per heavy atom. The van der Waals surface area contributed by atoms with Gasteiger partial charge in [-0.1, -0.05) is 12.1 Å². The molecule has 1 aromatic heterocycles. The monoisotopic (exact) mass is 383 g/mol. The van der Waals surface area contributed by atoms with Crippen molar-refractivity contribution in [3.05, 3.63) is 64.1 Å². The van der Waals surface area contributed by atoms with Crippen LogP contribution < -0.4 is 14.8 Å². The molecule has 0 aliphatic carbocycles. The van der Waals surface area contributed by atoms with Crippen LogP contribution in [0.4, 0.5) is 10.1 Å². The fourth-order valence-corrected chi connectivity index (χ4v) is 4.61. The van der Waals surface area contributed by atoms with Crippen molar-refractivity contribution >= 4 is 22.9 Å². The number of thiophene rings is 1. The first-order chi connectivity index (χ1) is 13.1. The van der Waals surface area contributed by atoms with Crippen LogP contribution in [0.15, 0.2) is 47.8 Å². The van der Waals surface area contributed by atoms with Gasteiger partial charge in [-0.15, -0.1) is 11.3 Å².